The Labute approximate surface area is 83.4 Å². The Kier molecular flexibility index (Phi) is 5.76. The summed E-state index contributed by atoms with van der Waals surface area (Å²) in [4.78, 5) is 0. The lowest BCUT2D eigenvalue weighted by Gasteiger charge is -2.06. The normalized spacial score (nSPS) is 14.4. The standard InChI is InChI=1S/C6H11Br2N3/c1-3-4(2)10-11-6(8)5(7)9/h4,9-10H,3H2,1-2H3/b9-5?,11-6+. The van der Waals surface area contributed by atoms with Crippen molar-refractivity contribution in [2.75, 3.05) is 0 Å². The summed E-state index contributed by atoms with van der Waals surface area (Å²) in [5, 5.41) is 11.0. The van der Waals surface area contributed by atoms with Gasteiger partial charge in [0.2, 0.25) is 0 Å². The number of nitrogens with zero attached hydrogens (tertiary/aromatic N) is 1. The van der Waals surface area contributed by atoms with Crippen LogP contribution in [0.4, 0.5) is 0 Å². The Morgan fingerprint density at radius 2 is 2.18 bits per heavy atom. The predicted octanol–water partition coefficient (Wildman–Crippen LogP) is 2.46. The van der Waals surface area contributed by atoms with Gasteiger partial charge in [-0.1, -0.05) is 6.92 Å². The lowest BCUT2D eigenvalue weighted by atomic mass is 10.3. The second-order valence-corrected chi connectivity index (χ2v) is 3.70. The molecule has 0 aromatic rings. The number of nitrogens with one attached hydrogen (secondary N) is 2. The maximum Gasteiger partial charge on any atom is 0.157 e. The molecule has 11 heavy (non-hydrogen) atoms. The molecule has 0 aliphatic carbocycles. The van der Waals surface area contributed by atoms with E-state index in [1.54, 1.807) is 0 Å². The van der Waals surface area contributed by atoms with Crippen molar-refractivity contribution in [2.24, 2.45) is 5.10 Å². The topological polar surface area (TPSA) is 48.2 Å². The van der Waals surface area contributed by atoms with E-state index in [2.05, 4.69) is 49.3 Å². The highest BCUT2D eigenvalue weighted by molar-refractivity contribution is 9.24. The molecule has 0 aromatic heterocycles. The second kappa shape index (κ2) is 5.71. The Hall–Kier alpha value is 0.1000. The Morgan fingerprint density at radius 3 is 2.55 bits per heavy atom. The summed E-state index contributed by atoms with van der Waals surface area (Å²) in [7, 11) is 0. The summed E-state index contributed by atoms with van der Waals surface area (Å²) >= 11 is 6.09. The van der Waals surface area contributed by atoms with Crippen LogP contribution in [0.5, 0.6) is 0 Å². The van der Waals surface area contributed by atoms with Crippen molar-refractivity contribution in [3.63, 3.8) is 0 Å². The van der Waals surface area contributed by atoms with E-state index >= 15 is 0 Å². The Balaban J connectivity index is 3.82. The quantitative estimate of drug-likeness (QED) is 0.605. The van der Waals surface area contributed by atoms with Gasteiger partial charge < -0.3 is 5.43 Å². The molecule has 3 nitrogen and oxygen atoms in total. The first-order valence-electron chi connectivity index (χ1n) is 3.31. The van der Waals surface area contributed by atoms with Crippen LogP contribution in [-0.2, 0) is 0 Å². The molecule has 0 spiro atoms. The van der Waals surface area contributed by atoms with Crippen molar-refractivity contribution in [2.45, 2.75) is 26.3 Å². The molecule has 0 rings (SSSR count). The van der Waals surface area contributed by atoms with E-state index in [1.165, 1.54) is 0 Å². The third-order valence-corrected chi connectivity index (χ3v) is 2.66. The highest BCUT2D eigenvalue weighted by Crippen LogP contribution is 1.98. The summed E-state index contributed by atoms with van der Waals surface area (Å²) in [5.74, 6) is 0. The van der Waals surface area contributed by atoms with Gasteiger partial charge in [0.05, 0.1) is 0 Å². The largest absolute Gasteiger partial charge is 0.306 e. The summed E-state index contributed by atoms with van der Waals surface area (Å²) in [5.41, 5.74) is 2.88. The van der Waals surface area contributed by atoms with Crippen LogP contribution in [0.25, 0.3) is 0 Å². The number of hydrogen-bond donors (Lipinski definition) is 2. The average Bonchev–Trinajstić information content (AvgIpc) is 1.99. The van der Waals surface area contributed by atoms with Crippen LogP contribution in [0.3, 0.4) is 0 Å². The minimum Gasteiger partial charge on any atom is -0.306 e. The maximum absolute atomic E-state index is 7.10. The van der Waals surface area contributed by atoms with Gasteiger partial charge in [-0.15, -0.1) is 0 Å². The van der Waals surface area contributed by atoms with E-state index in [9.17, 15) is 0 Å². The zero-order valence-electron chi connectivity index (χ0n) is 6.49. The van der Waals surface area contributed by atoms with Gasteiger partial charge in [-0.25, -0.2) is 0 Å². The molecule has 0 amide bonds. The van der Waals surface area contributed by atoms with Gasteiger partial charge >= 0.3 is 0 Å². The fourth-order valence-electron chi connectivity index (χ4n) is 0.307. The van der Waals surface area contributed by atoms with Crippen LogP contribution in [0, 0.1) is 5.41 Å². The first-order chi connectivity index (χ1) is 5.07. The molecule has 0 aliphatic heterocycles. The fourth-order valence-corrected chi connectivity index (χ4v) is 0.498. The molecule has 64 valence electrons. The van der Waals surface area contributed by atoms with Crippen molar-refractivity contribution in [1.82, 2.24) is 5.43 Å². The highest BCUT2D eigenvalue weighted by atomic mass is 79.9. The van der Waals surface area contributed by atoms with Crippen LogP contribution in [0.1, 0.15) is 20.3 Å². The van der Waals surface area contributed by atoms with Gasteiger partial charge in [0, 0.05) is 6.04 Å². The third-order valence-electron chi connectivity index (χ3n) is 1.18. The molecule has 0 heterocycles. The van der Waals surface area contributed by atoms with Crippen molar-refractivity contribution in [3.8, 4) is 0 Å². The third kappa shape index (κ3) is 5.38. The lowest BCUT2D eigenvalue weighted by molar-refractivity contribution is 0.559. The minimum atomic E-state index is 0.244. The van der Waals surface area contributed by atoms with Crippen LogP contribution in [-0.4, -0.2) is 15.3 Å². The molecule has 0 radical (unpaired) electrons. The van der Waals surface area contributed by atoms with E-state index in [-0.39, 0.29) is 4.62 Å². The first kappa shape index (κ1) is 11.1. The lowest BCUT2D eigenvalue weighted by Crippen LogP contribution is -2.21. The van der Waals surface area contributed by atoms with Crippen LogP contribution >= 0.6 is 31.9 Å². The van der Waals surface area contributed by atoms with Crippen molar-refractivity contribution < 1.29 is 0 Å². The van der Waals surface area contributed by atoms with E-state index in [0.717, 1.165) is 6.42 Å². The smallest absolute Gasteiger partial charge is 0.157 e. The summed E-state index contributed by atoms with van der Waals surface area (Å²) < 4.78 is 0.728. The molecule has 2 N–H and O–H groups in total. The Morgan fingerprint density at radius 1 is 1.64 bits per heavy atom. The minimum absolute atomic E-state index is 0.244. The molecular formula is C6H11Br2N3. The summed E-state index contributed by atoms with van der Waals surface area (Å²) in [6.45, 7) is 4.10. The van der Waals surface area contributed by atoms with Gasteiger partial charge in [-0.05, 0) is 45.2 Å². The van der Waals surface area contributed by atoms with Gasteiger partial charge in [0.25, 0.3) is 0 Å². The predicted molar refractivity (Wildman–Crippen MR) is 55.9 cm³/mol. The number of hydrogen-bond acceptors (Lipinski definition) is 3. The van der Waals surface area contributed by atoms with Crippen LogP contribution < -0.4 is 5.43 Å². The molecule has 0 aliphatic rings. The average molecular weight is 285 g/mol. The number of rotatable bonds is 4. The van der Waals surface area contributed by atoms with Gasteiger partial charge in [-0.3, -0.25) is 5.41 Å². The van der Waals surface area contributed by atoms with Crippen LogP contribution in [0.2, 0.25) is 0 Å². The zero-order valence-corrected chi connectivity index (χ0v) is 9.66. The summed E-state index contributed by atoms with van der Waals surface area (Å²) in [6, 6.07) is 0.342. The maximum atomic E-state index is 7.10. The van der Waals surface area contributed by atoms with E-state index in [0.29, 0.717) is 10.7 Å². The SMILES string of the molecule is CCC(C)N/N=C(/Br)C(=N)Br. The number of halogens is 2. The van der Waals surface area contributed by atoms with Crippen molar-refractivity contribution in [1.29, 1.82) is 5.41 Å². The van der Waals surface area contributed by atoms with E-state index < -0.39 is 0 Å². The molecule has 0 saturated heterocycles. The summed E-state index contributed by atoms with van der Waals surface area (Å²) in [6.07, 6.45) is 1.01. The van der Waals surface area contributed by atoms with E-state index in [4.69, 9.17) is 5.41 Å². The molecule has 0 saturated carbocycles. The van der Waals surface area contributed by atoms with Gasteiger partial charge in [0.1, 0.15) is 4.62 Å². The van der Waals surface area contributed by atoms with Crippen LogP contribution in [0.15, 0.2) is 5.10 Å². The molecule has 0 fully saturated rings. The number of hydrazone groups is 1. The molecular weight excluding hydrogens is 274 g/mol. The molecule has 0 bridgehead atoms. The molecule has 1 unspecified atom stereocenters. The van der Waals surface area contributed by atoms with Crippen molar-refractivity contribution >= 4 is 41.1 Å². The molecule has 5 heteroatoms. The van der Waals surface area contributed by atoms with E-state index in [1.807, 2.05) is 6.92 Å². The molecule has 1 atom stereocenters. The van der Waals surface area contributed by atoms with Gasteiger partial charge in [0.15, 0.2) is 4.62 Å². The zero-order chi connectivity index (χ0) is 8.85. The first-order valence-corrected chi connectivity index (χ1v) is 4.89. The fraction of sp³-hybridized carbons (Fsp3) is 0.667. The Bertz CT molecular complexity index is 167. The second-order valence-electron chi connectivity index (χ2n) is 2.15. The highest BCUT2D eigenvalue weighted by Gasteiger charge is 1.98. The van der Waals surface area contributed by atoms with Crippen molar-refractivity contribution in [3.05, 3.63) is 0 Å². The molecule has 0 aromatic carbocycles. The van der Waals surface area contributed by atoms with Gasteiger partial charge in [-0.2, -0.15) is 5.10 Å². The monoisotopic (exact) mass is 283 g/mol.